The summed E-state index contributed by atoms with van der Waals surface area (Å²) in [6.07, 6.45) is 3.49. The molecule has 0 N–H and O–H groups in total. The van der Waals surface area contributed by atoms with Crippen molar-refractivity contribution in [1.29, 1.82) is 26.3 Å². The molecule has 0 aliphatic heterocycles. The molecule has 0 saturated heterocycles. The Kier molecular flexibility index (Phi) is 6.22. The molecular formula is C40H18N8. The van der Waals surface area contributed by atoms with Gasteiger partial charge in [-0.1, -0.05) is 0 Å². The van der Waals surface area contributed by atoms with E-state index in [0.29, 0.717) is 27.8 Å². The first-order chi connectivity index (χ1) is 23.6. The fourth-order valence-corrected chi connectivity index (χ4v) is 6.65. The summed E-state index contributed by atoms with van der Waals surface area (Å²) in [5, 5.41) is 52.1. The second-order valence-corrected chi connectivity index (χ2v) is 11.3. The normalized spacial score (nSPS) is 10.8. The SMILES string of the molecule is N#Cc1ccc(-n2c3ccc(C#N)cc3c3cc(C#N)ccc32)c(-c2cnccc2-n2c3ccc(C#N)cc3c3cc(C#N)ccc32)c1. The van der Waals surface area contributed by atoms with Gasteiger partial charge in [0.2, 0.25) is 0 Å². The highest BCUT2D eigenvalue weighted by Gasteiger charge is 2.22. The van der Waals surface area contributed by atoms with Gasteiger partial charge in [0.05, 0.1) is 91.6 Å². The van der Waals surface area contributed by atoms with Crippen LogP contribution in [0.5, 0.6) is 0 Å². The number of aromatic nitrogens is 3. The van der Waals surface area contributed by atoms with Crippen LogP contribution in [0.1, 0.15) is 27.8 Å². The second-order valence-electron chi connectivity index (χ2n) is 11.3. The van der Waals surface area contributed by atoms with Crippen LogP contribution in [-0.4, -0.2) is 14.1 Å². The summed E-state index contributed by atoms with van der Waals surface area (Å²) in [5.74, 6) is 0. The molecule has 0 spiro atoms. The highest BCUT2D eigenvalue weighted by molar-refractivity contribution is 6.12. The van der Waals surface area contributed by atoms with Crippen molar-refractivity contribution in [1.82, 2.24) is 14.1 Å². The van der Waals surface area contributed by atoms with Crippen molar-refractivity contribution < 1.29 is 0 Å². The Morgan fingerprint density at radius 3 is 1.15 bits per heavy atom. The van der Waals surface area contributed by atoms with E-state index in [-0.39, 0.29) is 0 Å². The third-order valence-corrected chi connectivity index (χ3v) is 8.74. The zero-order valence-electron chi connectivity index (χ0n) is 25.0. The Labute approximate surface area is 273 Å². The Hall–Kier alpha value is -7.70. The van der Waals surface area contributed by atoms with Crippen LogP contribution in [0.3, 0.4) is 0 Å². The minimum atomic E-state index is 0.461. The highest BCUT2D eigenvalue weighted by atomic mass is 15.0. The van der Waals surface area contributed by atoms with Gasteiger partial charge in [0.1, 0.15) is 0 Å². The molecule has 8 rings (SSSR count). The molecule has 0 bridgehead atoms. The lowest BCUT2D eigenvalue weighted by atomic mass is 10.00. The van der Waals surface area contributed by atoms with Gasteiger partial charge < -0.3 is 9.13 Å². The van der Waals surface area contributed by atoms with E-state index in [2.05, 4.69) is 44.5 Å². The highest BCUT2D eigenvalue weighted by Crippen LogP contribution is 2.41. The van der Waals surface area contributed by atoms with Crippen molar-refractivity contribution >= 4 is 43.6 Å². The van der Waals surface area contributed by atoms with E-state index >= 15 is 0 Å². The molecule has 8 aromatic rings. The molecule has 48 heavy (non-hydrogen) atoms. The van der Waals surface area contributed by atoms with Gasteiger partial charge in [-0.3, -0.25) is 4.98 Å². The summed E-state index contributed by atoms with van der Waals surface area (Å²) < 4.78 is 4.18. The lowest BCUT2D eigenvalue weighted by molar-refractivity contribution is 1.14. The lowest BCUT2D eigenvalue weighted by Crippen LogP contribution is -2.02. The molecule has 0 saturated carbocycles. The van der Waals surface area contributed by atoms with Crippen LogP contribution in [-0.2, 0) is 0 Å². The van der Waals surface area contributed by atoms with Gasteiger partial charge >= 0.3 is 0 Å². The second kappa shape index (κ2) is 10.7. The predicted octanol–water partition coefficient (Wildman–Crippen LogP) is 8.30. The number of benzene rings is 5. The van der Waals surface area contributed by atoms with Gasteiger partial charge in [0, 0.05) is 45.1 Å². The largest absolute Gasteiger partial charge is 0.309 e. The van der Waals surface area contributed by atoms with Crippen molar-refractivity contribution in [2.75, 3.05) is 0 Å². The Balaban J connectivity index is 1.48. The molecule has 3 heterocycles. The fraction of sp³-hybridized carbons (Fsp3) is 0. The van der Waals surface area contributed by atoms with Crippen molar-refractivity contribution in [3.05, 3.63) is 137 Å². The van der Waals surface area contributed by atoms with E-state index in [1.165, 1.54) is 0 Å². The number of fused-ring (bicyclic) bond motifs is 6. The maximum Gasteiger partial charge on any atom is 0.0991 e. The monoisotopic (exact) mass is 610 g/mol. The molecule has 0 atom stereocenters. The number of rotatable bonds is 3. The quantitative estimate of drug-likeness (QED) is 0.197. The fourth-order valence-electron chi connectivity index (χ4n) is 6.65. The summed E-state index contributed by atoms with van der Waals surface area (Å²) in [6, 6.07) is 40.6. The minimum Gasteiger partial charge on any atom is -0.309 e. The molecule has 0 aliphatic rings. The zero-order valence-corrected chi connectivity index (χ0v) is 25.0. The van der Waals surface area contributed by atoms with Crippen LogP contribution in [0.15, 0.2) is 109 Å². The molecule has 8 nitrogen and oxygen atoms in total. The van der Waals surface area contributed by atoms with Gasteiger partial charge in [-0.25, -0.2) is 0 Å². The van der Waals surface area contributed by atoms with E-state index in [4.69, 9.17) is 0 Å². The summed E-state index contributed by atoms with van der Waals surface area (Å²) in [5.41, 5.74) is 8.88. The first-order valence-electron chi connectivity index (χ1n) is 14.8. The average Bonchev–Trinajstić information content (AvgIpc) is 3.65. The molecular weight excluding hydrogens is 592 g/mol. The van der Waals surface area contributed by atoms with Crippen LogP contribution in [0, 0.1) is 56.7 Å². The third-order valence-electron chi connectivity index (χ3n) is 8.74. The van der Waals surface area contributed by atoms with Crippen LogP contribution < -0.4 is 0 Å². The van der Waals surface area contributed by atoms with E-state index in [1.54, 1.807) is 42.7 Å². The Morgan fingerprint density at radius 1 is 0.396 bits per heavy atom. The molecule has 0 unspecified atom stereocenters. The summed E-state index contributed by atoms with van der Waals surface area (Å²) in [4.78, 5) is 4.53. The Morgan fingerprint density at radius 2 is 0.750 bits per heavy atom. The first-order valence-corrected chi connectivity index (χ1v) is 14.8. The van der Waals surface area contributed by atoms with Gasteiger partial charge in [0.15, 0.2) is 0 Å². The van der Waals surface area contributed by atoms with Crippen LogP contribution in [0.25, 0.3) is 66.1 Å². The van der Waals surface area contributed by atoms with E-state index in [1.807, 2.05) is 66.7 Å². The van der Waals surface area contributed by atoms with E-state index in [9.17, 15) is 26.3 Å². The zero-order chi connectivity index (χ0) is 32.9. The van der Waals surface area contributed by atoms with Gasteiger partial charge in [-0.2, -0.15) is 26.3 Å². The van der Waals surface area contributed by atoms with Crippen molar-refractivity contribution in [3.63, 3.8) is 0 Å². The lowest BCUT2D eigenvalue weighted by Gasteiger charge is -2.18. The summed E-state index contributed by atoms with van der Waals surface area (Å²) >= 11 is 0. The molecule has 8 heteroatoms. The molecule has 0 aliphatic carbocycles. The van der Waals surface area contributed by atoms with Crippen molar-refractivity contribution in [2.24, 2.45) is 0 Å². The number of hydrogen-bond acceptors (Lipinski definition) is 6. The molecule has 218 valence electrons. The Bertz CT molecular complexity index is 2760. The van der Waals surface area contributed by atoms with Gasteiger partial charge in [-0.15, -0.1) is 0 Å². The number of nitrogens with zero attached hydrogens (tertiary/aromatic N) is 8. The maximum absolute atomic E-state index is 10.0. The smallest absolute Gasteiger partial charge is 0.0991 e. The standard InChI is InChI=1S/C40H18N8/c41-18-24-1-6-35-29(13-24)30-14-25(19-42)2-7-36(30)47(35)39-10-5-28(22-45)17-33(39)34-23-46-12-11-40(34)48-37-8-3-26(20-43)15-31(37)32-16-27(21-44)4-9-38(32)48/h1-17,23H. The minimum absolute atomic E-state index is 0.461. The number of pyridine rings is 1. The van der Waals surface area contributed by atoms with E-state index < -0.39 is 0 Å². The molecule has 0 radical (unpaired) electrons. The van der Waals surface area contributed by atoms with Crippen LogP contribution >= 0.6 is 0 Å². The number of hydrogen-bond donors (Lipinski definition) is 0. The summed E-state index contributed by atoms with van der Waals surface area (Å²) in [7, 11) is 0. The molecule has 3 aromatic heterocycles. The van der Waals surface area contributed by atoms with Gasteiger partial charge in [-0.05, 0) is 97.1 Å². The summed E-state index contributed by atoms with van der Waals surface area (Å²) in [6.45, 7) is 0. The predicted molar refractivity (Wildman–Crippen MR) is 182 cm³/mol. The number of nitriles is 5. The topological polar surface area (TPSA) is 142 Å². The first kappa shape index (κ1) is 27.8. The van der Waals surface area contributed by atoms with Gasteiger partial charge in [0.25, 0.3) is 0 Å². The van der Waals surface area contributed by atoms with E-state index in [0.717, 1.165) is 66.1 Å². The molecule has 0 fully saturated rings. The molecule has 5 aromatic carbocycles. The van der Waals surface area contributed by atoms with Crippen molar-refractivity contribution in [3.8, 4) is 52.8 Å². The maximum atomic E-state index is 10.0. The average molecular weight is 611 g/mol. The van der Waals surface area contributed by atoms with Crippen LogP contribution in [0.2, 0.25) is 0 Å². The molecule has 0 amide bonds. The third kappa shape index (κ3) is 4.08. The van der Waals surface area contributed by atoms with Crippen molar-refractivity contribution in [2.45, 2.75) is 0 Å². The van der Waals surface area contributed by atoms with Crippen LogP contribution in [0.4, 0.5) is 0 Å².